The van der Waals surface area contributed by atoms with Crippen LogP contribution in [0.5, 0.6) is 11.5 Å². The number of carbonyl (C=O) groups excluding carboxylic acids is 2. The SMILES string of the molecule is COc1cc2c(cc1OC)[C@@H](C(=O)Nc1ccc(F)c(Cl)c1)[C@H](c1ccccc1F)N(C)C2=O. The van der Waals surface area contributed by atoms with Crippen molar-refractivity contribution in [2.45, 2.75) is 12.0 Å². The number of halogens is 3. The summed E-state index contributed by atoms with van der Waals surface area (Å²) in [6.07, 6.45) is 0. The van der Waals surface area contributed by atoms with Crippen molar-refractivity contribution in [3.63, 3.8) is 0 Å². The number of benzene rings is 3. The van der Waals surface area contributed by atoms with Crippen LogP contribution in [0.3, 0.4) is 0 Å². The highest BCUT2D eigenvalue weighted by Gasteiger charge is 2.44. The first-order chi connectivity index (χ1) is 16.3. The lowest BCUT2D eigenvalue weighted by Gasteiger charge is -2.40. The molecule has 0 bridgehead atoms. The third kappa shape index (κ3) is 4.05. The lowest BCUT2D eigenvalue weighted by molar-refractivity contribution is -0.119. The molecule has 3 aromatic carbocycles. The van der Waals surface area contributed by atoms with E-state index < -0.39 is 35.4 Å². The van der Waals surface area contributed by atoms with Gasteiger partial charge in [0.05, 0.1) is 31.2 Å². The Morgan fingerprint density at radius 3 is 2.29 bits per heavy atom. The number of nitrogens with zero attached hydrogens (tertiary/aromatic N) is 1. The van der Waals surface area contributed by atoms with Crippen LogP contribution in [0.2, 0.25) is 5.02 Å². The van der Waals surface area contributed by atoms with Crippen LogP contribution in [0, 0.1) is 11.6 Å². The Morgan fingerprint density at radius 2 is 1.65 bits per heavy atom. The first-order valence-electron chi connectivity index (χ1n) is 10.3. The highest BCUT2D eigenvalue weighted by molar-refractivity contribution is 6.31. The van der Waals surface area contributed by atoms with E-state index >= 15 is 0 Å². The molecule has 6 nitrogen and oxygen atoms in total. The summed E-state index contributed by atoms with van der Waals surface area (Å²) in [5.74, 6) is -2.53. The molecule has 0 saturated heterocycles. The van der Waals surface area contributed by atoms with Gasteiger partial charge in [-0.2, -0.15) is 0 Å². The number of nitrogens with one attached hydrogen (secondary N) is 1. The first-order valence-corrected chi connectivity index (χ1v) is 10.7. The average molecular weight is 487 g/mol. The van der Waals surface area contributed by atoms with Crippen molar-refractivity contribution in [2.75, 3.05) is 26.6 Å². The summed E-state index contributed by atoms with van der Waals surface area (Å²) in [5.41, 5.74) is 1.01. The zero-order valence-electron chi connectivity index (χ0n) is 18.6. The monoisotopic (exact) mass is 486 g/mol. The fourth-order valence-electron chi connectivity index (χ4n) is 4.23. The molecule has 0 spiro atoms. The maximum absolute atomic E-state index is 14.9. The maximum atomic E-state index is 14.9. The maximum Gasteiger partial charge on any atom is 0.254 e. The number of fused-ring (bicyclic) bond motifs is 1. The Bertz CT molecular complexity index is 1280. The van der Waals surface area contributed by atoms with Gasteiger partial charge < -0.3 is 19.7 Å². The molecular weight excluding hydrogens is 466 g/mol. The van der Waals surface area contributed by atoms with E-state index in [1.54, 1.807) is 12.1 Å². The fourth-order valence-corrected chi connectivity index (χ4v) is 4.41. The summed E-state index contributed by atoms with van der Waals surface area (Å²) >= 11 is 5.87. The van der Waals surface area contributed by atoms with Crippen LogP contribution in [0.15, 0.2) is 54.6 Å². The molecular formula is C25H21ClF2N2O4. The second kappa shape index (κ2) is 9.30. The predicted octanol–water partition coefficient (Wildman–Crippen LogP) is 5.18. The minimum atomic E-state index is -1.03. The molecule has 1 N–H and O–H groups in total. The first kappa shape index (κ1) is 23.5. The Morgan fingerprint density at radius 1 is 0.971 bits per heavy atom. The molecule has 0 unspecified atom stereocenters. The van der Waals surface area contributed by atoms with Crippen LogP contribution >= 0.6 is 11.6 Å². The van der Waals surface area contributed by atoms with Gasteiger partial charge >= 0.3 is 0 Å². The van der Waals surface area contributed by atoms with E-state index in [2.05, 4.69) is 5.32 Å². The number of anilines is 1. The fraction of sp³-hybridized carbons (Fsp3) is 0.200. The lowest BCUT2D eigenvalue weighted by atomic mass is 9.79. The number of amides is 2. The third-order valence-corrected chi connectivity index (χ3v) is 6.16. The summed E-state index contributed by atoms with van der Waals surface area (Å²) in [7, 11) is 4.38. The van der Waals surface area contributed by atoms with Crippen molar-refractivity contribution in [3.05, 3.63) is 87.9 Å². The molecule has 2 amide bonds. The summed E-state index contributed by atoms with van der Waals surface area (Å²) in [4.78, 5) is 28.3. The molecule has 34 heavy (non-hydrogen) atoms. The largest absolute Gasteiger partial charge is 0.493 e. The van der Waals surface area contributed by atoms with Gasteiger partial charge in [0.2, 0.25) is 5.91 Å². The number of hydrogen-bond donors (Lipinski definition) is 1. The van der Waals surface area contributed by atoms with Crippen molar-refractivity contribution in [1.29, 1.82) is 0 Å². The number of ether oxygens (including phenoxy) is 2. The van der Waals surface area contributed by atoms with Crippen molar-refractivity contribution in [1.82, 2.24) is 4.90 Å². The van der Waals surface area contributed by atoms with Gasteiger partial charge in [-0.3, -0.25) is 9.59 Å². The molecule has 0 radical (unpaired) electrons. The quantitative estimate of drug-likeness (QED) is 0.539. The highest BCUT2D eigenvalue weighted by atomic mass is 35.5. The predicted molar refractivity (Wildman–Crippen MR) is 124 cm³/mol. The van der Waals surface area contributed by atoms with Crippen molar-refractivity contribution in [2.24, 2.45) is 0 Å². The van der Waals surface area contributed by atoms with Gasteiger partial charge in [0.15, 0.2) is 11.5 Å². The van der Waals surface area contributed by atoms with E-state index in [0.29, 0.717) is 17.1 Å². The van der Waals surface area contributed by atoms with Gasteiger partial charge in [-0.05, 0) is 42.0 Å². The van der Waals surface area contributed by atoms with Crippen LogP contribution in [-0.4, -0.2) is 38.0 Å². The van der Waals surface area contributed by atoms with Gasteiger partial charge in [-0.25, -0.2) is 8.78 Å². The summed E-state index contributed by atoms with van der Waals surface area (Å²) < 4.78 is 39.2. The summed E-state index contributed by atoms with van der Waals surface area (Å²) in [5, 5.41) is 2.56. The smallest absolute Gasteiger partial charge is 0.254 e. The number of rotatable bonds is 5. The van der Waals surface area contributed by atoms with Crippen molar-refractivity contribution < 1.29 is 27.8 Å². The minimum Gasteiger partial charge on any atom is -0.493 e. The standard InChI is InChI=1S/C25H21ClF2N2O4/c1-30-23(14-6-4-5-7-18(14)27)22(24(31)29-13-8-9-19(28)17(26)10-13)15-11-20(33-2)21(34-3)12-16(15)25(30)32/h4-12,22-23H,1-3H3,(H,29,31)/t22-,23+/m1/s1. The van der Waals surface area contributed by atoms with E-state index in [1.807, 2.05) is 0 Å². The normalized spacial score (nSPS) is 17.2. The second-order valence-corrected chi connectivity index (χ2v) is 8.18. The van der Waals surface area contributed by atoms with Crippen LogP contribution < -0.4 is 14.8 Å². The molecule has 1 aliphatic heterocycles. The Kier molecular flexibility index (Phi) is 6.43. The van der Waals surface area contributed by atoms with E-state index in [0.717, 1.165) is 6.07 Å². The highest BCUT2D eigenvalue weighted by Crippen LogP contribution is 2.46. The Hall–Kier alpha value is -3.65. The van der Waals surface area contributed by atoms with E-state index in [-0.39, 0.29) is 21.8 Å². The zero-order valence-corrected chi connectivity index (χ0v) is 19.3. The molecule has 0 aliphatic carbocycles. The molecule has 176 valence electrons. The van der Waals surface area contributed by atoms with Gasteiger partial charge in [-0.1, -0.05) is 29.8 Å². The molecule has 0 saturated carbocycles. The van der Waals surface area contributed by atoms with E-state index in [1.165, 1.54) is 62.6 Å². The third-order valence-electron chi connectivity index (χ3n) is 5.87. The van der Waals surface area contributed by atoms with Crippen LogP contribution in [0.1, 0.15) is 33.4 Å². The Balaban J connectivity index is 1.89. The molecule has 0 fully saturated rings. The minimum absolute atomic E-state index is 0.161. The van der Waals surface area contributed by atoms with Crippen molar-refractivity contribution >= 4 is 29.1 Å². The van der Waals surface area contributed by atoms with Gasteiger partial charge in [0.25, 0.3) is 5.91 Å². The molecule has 0 aromatic heterocycles. The zero-order chi connectivity index (χ0) is 24.6. The molecule has 9 heteroatoms. The number of likely N-dealkylation sites (N-methyl/N-ethyl adjacent to an activating group) is 1. The van der Waals surface area contributed by atoms with Crippen LogP contribution in [0.4, 0.5) is 14.5 Å². The molecule has 1 heterocycles. The topological polar surface area (TPSA) is 67.9 Å². The van der Waals surface area contributed by atoms with Gasteiger partial charge in [0, 0.05) is 23.9 Å². The van der Waals surface area contributed by atoms with E-state index in [9.17, 15) is 18.4 Å². The molecule has 2 atom stereocenters. The van der Waals surface area contributed by atoms with Gasteiger partial charge in [0.1, 0.15) is 11.6 Å². The lowest BCUT2D eigenvalue weighted by Crippen LogP contribution is -2.44. The van der Waals surface area contributed by atoms with Crippen molar-refractivity contribution in [3.8, 4) is 11.5 Å². The molecule has 4 rings (SSSR count). The van der Waals surface area contributed by atoms with Gasteiger partial charge in [-0.15, -0.1) is 0 Å². The second-order valence-electron chi connectivity index (χ2n) is 7.77. The Labute approximate surface area is 200 Å². The van der Waals surface area contributed by atoms with Crippen LogP contribution in [0.25, 0.3) is 0 Å². The average Bonchev–Trinajstić information content (AvgIpc) is 2.83. The summed E-state index contributed by atoms with van der Waals surface area (Å²) in [6.45, 7) is 0. The molecule has 1 aliphatic rings. The number of methoxy groups -OCH3 is 2. The van der Waals surface area contributed by atoms with Crippen LogP contribution in [-0.2, 0) is 4.79 Å². The summed E-state index contributed by atoms with van der Waals surface area (Å²) in [6, 6.07) is 11.8. The molecule has 3 aromatic rings. The number of carbonyl (C=O) groups is 2. The number of hydrogen-bond acceptors (Lipinski definition) is 4. The van der Waals surface area contributed by atoms with E-state index in [4.69, 9.17) is 21.1 Å².